The Morgan fingerprint density at radius 1 is 0.176 bits per heavy atom. The summed E-state index contributed by atoms with van der Waals surface area (Å²) in [5.74, 6) is 0. The smallest absolute Gasteiger partial charge is 0.0631 e. The first-order valence-electron chi connectivity index (χ1n) is 25.5. The third-order valence-corrected chi connectivity index (χ3v) is 25.4. The number of hydrogen-bond donors (Lipinski definition) is 0. The first-order chi connectivity index (χ1) is 33.9. The standard InChI is InChI=1S/C66H6N2/c1-2-68-6-4-66-63-55-47-37-27-19-11-8-7-9-13-15(11)23-29-21(13)31-25-17(9)18-10(7)14-16-12(8)20(19)28-34-24(16)30-22(14)32-26(18)36-35(25)45-39(31)49-43(29)51(41(47)33(23)27)59(63)57(49)61-53(45)54-46(36)40(32)50-44(30)52-42(34)48(38(28)37)56(55)64(66)60(52)58(50)62(54)65(61,66)3-5(6)67-1/h1-2H,3-4H2. The Kier molecular flexibility index (Phi) is 1.93. The van der Waals surface area contributed by atoms with E-state index in [9.17, 15) is 0 Å². The molecule has 0 unspecified atom stereocenters. The van der Waals surface area contributed by atoms with Gasteiger partial charge in [-0.15, -0.1) is 0 Å². The molecule has 2 spiro atoms. The SMILES string of the molecule is c1cnc2c(n1)CC13c4c5c6c7c8c9c(c%10c%11c1c1c4c4c%12c5c5c6c6c8c8c%13c9c9c%10c%10c%11c%11c1c1c4c4c%12c%12c5c5c6c8c6c8c%13c9c9c%10c%10c%11c1c1c4c4c%12c5c6c5c8c9c%10c1c45)C73C2. The molecule has 0 saturated heterocycles. The van der Waals surface area contributed by atoms with Crippen molar-refractivity contribution in [1.82, 2.24) is 9.97 Å². The minimum Gasteiger partial charge on any atom is -0.258 e. The van der Waals surface area contributed by atoms with E-state index in [1.807, 2.05) is 12.4 Å². The van der Waals surface area contributed by atoms with Crippen molar-refractivity contribution in [3.8, 4) is 0 Å². The van der Waals surface area contributed by atoms with Crippen LogP contribution in [0.5, 0.6) is 0 Å². The van der Waals surface area contributed by atoms with Crippen molar-refractivity contribution in [3.05, 3.63) is 46.0 Å². The van der Waals surface area contributed by atoms with Crippen LogP contribution in [-0.4, -0.2) is 9.97 Å². The van der Waals surface area contributed by atoms with Gasteiger partial charge in [0.1, 0.15) is 0 Å². The maximum absolute atomic E-state index is 5.46. The van der Waals surface area contributed by atoms with Gasteiger partial charge in [-0.2, -0.15) is 0 Å². The molecule has 29 aromatic rings. The van der Waals surface area contributed by atoms with Crippen LogP contribution in [0, 0.1) is 0 Å². The van der Waals surface area contributed by atoms with Crippen LogP contribution in [0.1, 0.15) is 33.6 Å². The van der Waals surface area contributed by atoms with E-state index in [1.54, 1.807) is 313 Å². The second kappa shape index (κ2) is 5.39. The van der Waals surface area contributed by atoms with Crippen LogP contribution in [0.25, 0.3) is 291 Å². The molecule has 0 aliphatic heterocycles. The molecule has 0 amide bonds. The van der Waals surface area contributed by atoms with E-state index in [4.69, 9.17) is 9.97 Å². The maximum atomic E-state index is 5.46. The molecule has 1 aromatic heterocycles. The molecule has 0 fully saturated rings. The average Bonchev–Trinajstić information content (AvgIpc) is 4.24. The first-order valence-corrected chi connectivity index (χ1v) is 25.5. The number of hydrogen-bond acceptors (Lipinski definition) is 2. The van der Waals surface area contributed by atoms with Crippen molar-refractivity contribution in [3.63, 3.8) is 0 Å². The Balaban J connectivity index is 1.22. The molecule has 5 aliphatic carbocycles. The van der Waals surface area contributed by atoms with Crippen LogP contribution >= 0.6 is 0 Å². The van der Waals surface area contributed by atoms with Crippen molar-refractivity contribution in [2.75, 3.05) is 0 Å². The van der Waals surface area contributed by atoms with Crippen LogP contribution in [0.2, 0.25) is 0 Å². The Labute approximate surface area is 368 Å². The molecule has 280 valence electrons. The average molecular weight is 827 g/mol. The van der Waals surface area contributed by atoms with Crippen molar-refractivity contribution >= 4 is 291 Å². The Bertz CT molecular complexity index is 6740. The minimum atomic E-state index is -0.276. The summed E-state index contributed by atoms with van der Waals surface area (Å²) in [6.45, 7) is 0. The topological polar surface area (TPSA) is 25.8 Å². The van der Waals surface area contributed by atoms with E-state index in [0.717, 1.165) is 12.8 Å². The zero-order valence-corrected chi connectivity index (χ0v) is 34.5. The van der Waals surface area contributed by atoms with Crippen molar-refractivity contribution < 1.29 is 0 Å². The monoisotopic (exact) mass is 826 g/mol. The van der Waals surface area contributed by atoms with Crippen LogP contribution < -0.4 is 0 Å². The molecule has 0 radical (unpaired) electrons. The summed E-state index contributed by atoms with van der Waals surface area (Å²) in [4.78, 5) is 10.9. The molecule has 5 aliphatic rings. The number of benzene rings is 18. The van der Waals surface area contributed by atoms with Crippen LogP contribution in [0.3, 0.4) is 0 Å². The molecular weight excluding hydrogens is 821 g/mol. The molecule has 1 heterocycles. The lowest BCUT2D eigenvalue weighted by Gasteiger charge is -2.56. The van der Waals surface area contributed by atoms with Crippen molar-refractivity contribution in [1.29, 1.82) is 0 Å². The molecule has 2 nitrogen and oxygen atoms in total. The molecule has 28 aromatic carbocycles. The third kappa shape index (κ3) is 1.24. The summed E-state index contributed by atoms with van der Waals surface area (Å²) >= 11 is 0. The lowest BCUT2D eigenvalue weighted by atomic mass is 9.44. The second-order valence-corrected chi connectivity index (χ2v) is 25.4. The van der Waals surface area contributed by atoms with E-state index in [1.165, 1.54) is 11.4 Å². The molecule has 0 saturated carbocycles. The van der Waals surface area contributed by atoms with Crippen molar-refractivity contribution in [2.24, 2.45) is 0 Å². The van der Waals surface area contributed by atoms with Gasteiger partial charge in [0, 0.05) is 36.1 Å². The van der Waals surface area contributed by atoms with Crippen LogP contribution in [0.4, 0.5) is 0 Å². The lowest BCUT2D eigenvalue weighted by molar-refractivity contribution is 0.290. The van der Waals surface area contributed by atoms with Gasteiger partial charge >= 0.3 is 0 Å². The fourth-order valence-corrected chi connectivity index (χ4v) is 25.4. The largest absolute Gasteiger partial charge is 0.258 e. The highest BCUT2D eigenvalue weighted by Crippen LogP contribution is 2.85. The van der Waals surface area contributed by atoms with E-state index >= 15 is 0 Å². The van der Waals surface area contributed by atoms with E-state index in [2.05, 4.69) is 0 Å². The highest BCUT2D eigenvalue weighted by Gasteiger charge is 2.71. The van der Waals surface area contributed by atoms with Gasteiger partial charge in [0.05, 0.1) is 11.4 Å². The molecule has 34 rings (SSSR count). The number of rotatable bonds is 0. The van der Waals surface area contributed by atoms with Gasteiger partial charge in [0.25, 0.3) is 0 Å². The normalized spacial score (nSPS) is 22.7. The predicted octanol–water partition coefficient (Wildman–Crippen LogP) is 16.9. The van der Waals surface area contributed by atoms with Gasteiger partial charge in [-0.05, 0) is 313 Å². The molecular formula is C66H6N2. The summed E-state index contributed by atoms with van der Waals surface area (Å²) < 4.78 is 0. The Hall–Kier alpha value is -8.46. The molecule has 68 heavy (non-hydrogen) atoms. The van der Waals surface area contributed by atoms with Gasteiger partial charge in [-0.1, -0.05) is 0 Å². The number of fused-ring (bicyclic) bond motifs is 1. The summed E-state index contributed by atoms with van der Waals surface area (Å²) in [7, 11) is 0. The van der Waals surface area contributed by atoms with Crippen molar-refractivity contribution in [2.45, 2.75) is 23.7 Å². The quantitative estimate of drug-likeness (QED) is 0.142. The first kappa shape index (κ1) is 24.3. The Morgan fingerprint density at radius 3 is 0.426 bits per heavy atom. The highest BCUT2D eigenvalue weighted by molar-refractivity contribution is 6.82. The van der Waals surface area contributed by atoms with Gasteiger partial charge in [0.15, 0.2) is 0 Å². The zero-order chi connectivity index (χ0) is 39.9. The second-order valence-electron chi connectivity index (χ2n) is 25.4. The molecule has 0 N–H and O–H groups in total. The van der Waals surface area contributed by atoms with Gasteiger partial charge in [-0.25, -0.2) is 0 Å². The van der Waals surface area contributed by atoms with Gasteiger partial charge in [-0.3, -0.25) is 9.97 Å². The minimum absolute atomic E-state index is 0.276. The Morgan fingerprint density at radius 2 is 0.294 bits per heavy atom. The molecule has 0 bridgehead atoms. The summed E-state index contributed by atoms with van der Waals surface area (Å²) in [6.07, 6.45) is 5.93. The zero-order valence-electron chi connectivity index (χ0n) is 34.5. The summed E-state index contributed by atoms with van der Waals surface area (Å²) in [6, 6.07) is 0. The van der Waals surface area contributed by atoms with Gasteiger partial charge in [0.2, 0.25) is 0 Å². The number of aromatic nitrogens is 2. The molecule has 0 atom stereocenters. The fourth-order valence-electron chi connectivity index (χ4n) is 25.4. The summed E-state index contributed by atoms with van der Waals surface area (Å²) in [5.41, 5.74) is 8.93. The third-order valence-electron chi connectivity index (χ3n) is 25.4. The van der Waals surface area contributed by atoms with E-state index in [-0.39, 0.29) is 10.8 Å². The number of nitrogens with zero attached hydrogens (tertiary/aromatic N) is 2. The van der Waals surface area contributed by atoms with Crippen LogP contribution in [-0.2, 0) is 23.7 Å². The van der Waals surface area contributed by atoms with Gasteiger partial charge < -0.3 is 0 Å². The summed E-state index contributed by atoms with van der Waals surface area (Å²) in [5, 5.41) is 89.7. The fraction of sp³-hybridized carbons (Fsp3) is 0.0606. The van der Waals surface area contributed by atoms with Crippen LogP contribution in [0.15, 0.2) is 12.4 Å². The lowest BCUT2D eigenvalue weighted by Crippen LogP contribution is -2.57. The van der Waals surface area contributed by atoms with E-state index in [0.29, 0.717) is 0 Å². The highest BCUT2D eigenvalue weighted by atomic mass is 14.8. The maximum Gasteiger partial charge on any atom is 0.0631 e. The predicted molar refractivity (Wildman–Crippen MR) is 283 cm³/mol. The molecule has 2 heteroatoms. The van der Waals surface area contributed by atoms with E-state index < -0.39 is 0 Å².